The first-order valence-electron chi connectivity index (χ1n) is 10.8. The fourth-order valence-electron chi connectivity index (χ4n) is 3.29. The second-order valence-corrected chi connectivity index (χ2v) is 9.21. The van der Waals surface area contributed by atoms with E-state index in [0.717, 1.165) is 0 Å². The number of benzene rings is 3. The molecule has 0 aliphatic carbocycles. The van der Waals surface area contributed by atoms with E-state index in [2.05, 4.69) is 10.6 Å². The van der Waals surface area contributed by atoms with Crippen LogP contribution in [0.1, 0.15) is 24.2 Å². The molecule has 0 fully saturated rings. The highest BCUT2D eigenvalue weighted by Gasteiger charge is 2.22. The van der Waals surface area contributed by atoms with E-state index in [1.54, 1.807) is 62.4 Å². The minimum absolute atomic E-state index is 0.0952. The molecule has 0 aromatic heterocycles. The number of hydrogen-bond donors (Lipinski definition) is 2. The van der Waals surface area contributed by atoms with Crippen molar-refractivity contribution in [3.8, 4) is 5.75 Å². The summed E-state index contributed by atoms with van der Waals surface area (Å²) in [6.07, 6.45) is 0. The molecule has 0 atom stereocenters. The van der Waals surface area contributed by atoms with Gasteiger partial charge in [-0.05, 0) is 42.5 Å². The lowest BCUT2D eigenvalue weighted by Crippen LogP contribution is -2.30. The lowest BCUT2D eigenvalue weighted by atomic mass is 10.2. The van der Waals surface area contributed by atoms with E-state index >= 15 is 0 Å². The zero-order chi connectivity index (χ0) is 24.6. The Morgan fingerprint density at radius 2 is 1.47 bits per heavy atom. The summed E-state index contributed by atoms with van der Waals surface area (Å²) >= 11 is 0. The van der Waals surface area contributed by atoms with Gasteiger partial charge in [0, 0.05) is 24.5 Å². The predicted octanol–water partition coefficient (Wildman–Crippen LogP) is 3.99. The molecule has 8 nitrogen and oxygen atoms in total. The van der Waals surface area contributed by atoms with E-state index < -0.39 is 15.9 Å². The third kappa shape index (κ3) is 6.21. The van der Waals surface area contributed by atoms with E-state index in [4.69, 9.17) is 4.74 Å². The van der Waals surface area contributed by atoms with Gasteiger partial charge in [0.1, 0.15) is 5.75 Å². The fourth-order valence-corrected chi connectivity index (χ4v) is 4.79. The van der Waals surface area contributed by atoms with Crippen LogP contribution in [0.3, 0.4) is 0 Å². The van der Waals surface area contributed by atoms with Gasteiger partial charge in [0.2, 0.25) is 10.0 Å². The molecule has 0 aliphatic rings. The van der Waals surface area contributed by atoms with Crippen molar-refractivity contribution in [2.75, 3.05) is 30.3 Å². The highest BCUT2D eigenvalue weighted by Crippen LogP contribution is 2.21. The third-order valence-corrected chi connectivity index (χ3v) is 7.03. The number of nitrogens with one attached hydrogen (secondary N) is 2. The maximum absolute atomic E-state index is 12.7. The number of nitrogens with zero attached hydrogens (tertiary/aromatic N) is 1. The van der Waals surface area contributed by atoms with Gasteiger partial charge in [-0.3, -0.25) is 9.59 Å². The molecular weight excluding hydrogens is 454 g/mol. The Morgan fingerprint density at radius 3 is 2.18 bits per heavy atom. The first kappa shape index (κ1) is 24.9. The van der Waals surface area contributed by atoms with Gasteiger partial charge in [0.05, 0.1) is 10.5 Å². The molecule has 0 spiro atoms. The molecular formula is C25H27N3O5S. The van der Waals surface area contributed by atoms with E-state index in [-0.39, 0.29) is 28.7 Å². The van der Waals surface area contributed by atoms with Crippen LogP contribution in [0.4, 0.5) is 11.4 Å². The molecule has 9 heteroatoms. The van der Waals surface area contributed by atoms with Crippen molar-refractivity contribution in [3.63, 3.8) is 0 Å². The summed E-state index contributed by atoms with van der Waals surface area (Å²) in [7, 11) is -3.65. The van der Waals surface area contributed by atoms with Crippen molar-refractivity contribution in [2.24, 2.45) is 0 Å². The Balaban J connectivity index is 1.66. The smallest absolute Gasteiger partial charge is 0.262 e. The quantitative estimate of drug-likeness (QED) is 0.456. The van der Waals surface area contributed by atoms with Crippen molar-refractivity contribution in [1.29, 1.82) is 0 Å². The Kier molecular flexibility index (Phi) is 8.39. The highest BCUT2D eigenvalue weighted by atomic mass is 32.2. The van der Waals surface area contributed by atoms with Crippen molar-refractivity contribution in [2.45, 2.75) is 18.7 Å². The highest BCUT2D eigenvalue weighted by molar-refractivity contribution is 7.89. The number of sulfonamides is 1. The molecule has 178 valence electrons. The number of rotatable bonds is 10. The predicted molar refractivity (Wildman–Crippen MR) is 132 cm³/mol. The molecule has 0 heterocycles. The number of hydrogen-bond acceptors (Lipinski definition) is 5. The number of para-hydroxylation sites is 2. The summed E-state index contributed by atoms with van der Waals surface area (Å²) in [5.74, 6) is -0.601. The van der Waals surface area contributed by atoms with E-state index in [9.17, 15) is 18.0 Å². The molecule has 0 bridgehead atoms. The molecule has 0 saturated carbocycles. The zero-order valence-electron chi connectivity index (χ0n) is 19.0. The average Bonchev–Trinajstić information content (AvgIpc) is 2.84. The molecule has 2 N–H and O–H groups in total. The number of carbonyl (C=O) groups excluding carboxylic acids is 2. The Morgan fingerprint density at radius 1 is 0.824 bits per heavy atom. The maximum atomic E-state index is 12.7. The maximum Gasteiger partial charge on any atom is 0.262 e. The van der Waals surface area contributed by atoms with Gasteiger partial charge in [-0.2, -0.15) is 4.31 Å². The monoisotopic (exact) mass is 481 g/mol. The lowest BCUT2D eigenvalue weighted by Gasteiger charge is -2.19. The zero-order valence-corrected chi connectivity index (χ0v) is 19.8. The second-order valence-electron chi connectivity index (χ2n) is 7.27. The molecule has 0 saturated heterocycles. The molecule has 0 unspecified atom stereocenters. The van der Waals surface area contributed by atoms with Crippen LogP contribution in [-0.2, 0) is 14.8 Å². The Bertz CT molecular complexity index is 1240. The SMILES string of the molecule is CCN(CC)S(=O)(=O)c1cccc(NC(=O)COc2ccccc2C(=O)Nc2ccccc2)c1. The van der Waals surface area contributed by atoms with Crippen molar-refractivity contribution in [1.82, 2.24) is 4.31 Å². The molecule has 34 heavy (non-hydrogen) atoms. The van der Waals surface area contributed by atoms with Crippen molar-refractivity contribution >= 4 is 33.2 Å². The topological polar surface area (TPSA) is 105 Å². The van der Waals surface area contributed by atoms with Crippen LogP contribution in [0.2, 0.25) is 0 Å². The minimum atomic E-state index is -3.65. The average molecular weight is 482 g/mol. The minimum Gasteiger partial charge on any atom is -0.483 e. The van der Waals surface area contributed by atoms with Gasteiger partial charge in [-0.1, -0.05) is 50.2 Å². The van der Waals surface area contributed by atoms with Gasteiger partial charge >= 0.3 is 0 Å². The van der Waals surface area contributed by atoms with Crippen LogP contribution in [0.5, 0.6) is 5.75 Å². The van der Waals surface area contributed by atoms with Gasteiger partial charge in [-0.15, -0.1) is 0 Å². The Labute approximate surface area is 199 Å². The Hall–Kier alpha value is -3.69. The summed E-state index contributed by atoms with van der Waals surface area (Å²) < 4.78 is 32.4. The van der Waals surface area contributed by atoms with Gasteiger partial charge in [-0.25, -0.2) is 8.42 Å². The largest absolute Gasteiger partial charge is 0.483 e. The van der Waals surface area contributed by atoms with Gasteiger partial charge in [0.25, 0.3) is 11.8 Å². The van der Waals surface area contributed by atoms with Crippen molar-refractivity contribution in [3.05, 3.63) is 84.4 Å². The molecule has 0 aliphatic heterocycles. The van der Waals surface area contributed by atoms with Crippen LogP contribution in [0.25, 0.3) is 0 Å². The second kappa shape index (κ2) is 11.4. The standard InChI is InChI=1S/C25H27N3O5S/c1-3-28(4-2)34(31,32)21-14-10-13-20(17-21)26-24(29)18-33-23-16-9-8-15-22(23)25(30)27-19-11-6-5-7-12-19/h5-17H,3-4,18H2,1-2H3,(H,26,29)(H,27,30). The first-order chi connectivity index (χ1) is 16.3. The molecule has 3 aromatic carbocycles. The number of amides is 2. The molecule has 2 amide bonds. The lowest BCUT2D eigenvalue weighted by molar-refractivity contribution is -0.118. The number of carbonyl (C=O) groups is 2. The summed E-state index contributed by atoms with van der Waals surface area (Å²) in [6.45, 7) is 3.87. The van der Waals surface area contributed by atoms with Gasteiger partial charge in [0.15, 0.2) is 6.61 Å². The van der Waals surface area contributed by atoms with Crippen LogP contribution in [-0.4, -0.2) is 44.2 Å². The summed E-state index contributed by atoms with van der Waals surface area (Å²) in [4.78, 5) is 25.2. The van der Waals surface area contributed by atoms with Crippen LogP contribution in [0, 0.1) is 0 Å². The molecule has 3 aromatic rings. The van der Waals surface area contributed by atoms with E-state index in [1.165, 1.54) is 16.4 Å². The first-order valence-corrected chi connectivity index (χ1v) is 12.3. The van der Waals surface area contributed by atoms with Crippen LogP contribution < -0.4 is 15.4 Å². The molecule has 3 rings (SSSR count). The van der Waals surface area contributed by atoms with E-state index in [0.29, 0.717) is 24.5 Å². The molecule has 0 radical (unpaired) electrons. The van der Waals surface area contributed by atoms with Crippen molar-refractivity contribution < 1.29 is 22.7 Å². The van der Waals surface area contributed by atoms with Gasteiger partial charge < -0.3 is 15.4 Å². The number of ether oxygens (including phenoxy) is 1. The van der Waals surface area contributed by atoms with Crippen LogP contribution in [0.15, 0.2) is 83.8 Å². The number of anilines is 2. The van der Waals surface area contributed by atoms with Crippen LogP contribution >= 0.6 is 0 Å². The van der Waals surface area contributed by atoms with E-state index in [1.807, 2.05) is 18.2 Å². The normalized spacial score (nSPS) is 11.1. The summed E-state index contributed by atoms with van der Waals surface area (Å²) in [5, 5.41) is 5.43. The fraction of sp³-hybridized carbons (Fsp3) is 0.200. The summed E-state index contributed by atoms with van der Waals surface area (Å²) in [5.41, 5.74) is 1.25. The summed E-state index contributed by atoms with van der Waals surface area (Å²) in [6, 6.07) is 21.7. The third-order valence-electron chi connectivity index (χ3n) is 4.98.